The van der Waals surface area contributed by atoms with Crippen LogP contribution in [-0.4, -0.2) is 5.91 Å². The van der Waals surface area contributed by atoms with Gasteiger partial charge in [0.2, 0.25) is 0 Å². The summed E-state index contributed by atoms with van der Waals surface area (Å²) in [5, 5.41) is 4.44. The first kappa shape index (κ1) is 13.7. The molecule has 1 aromatic heterocycles. The van der Waals surface area contributed by atoms with E-state index in [4.69, 9.17) is 16.0 Å². The molecule has 0 aliphatic rings. The predicted molar refractivity (Wildman–Crippen MR) is 83.5 cm³/mol. The fourth-order valence-corrected chi connectivity index (χ4v) is 2.56. The Morgan fingerprint density at radius 3 is 2.62 bits per heavy atom. The number of hydrogen-bond acceptors (Lipinski definition) is 2. The van der Waals surface area contributed by atoms with E-state index in [-0.39, 0.29) is 11.9 Å². The molecule has 1 atom stereocenters. The first-order chi connectivity index (χ1) is 10.1. The second-order valence-electron chi connectivity index (χ2n) is 4.87. The quantitative estimate of drug-likeness (QED) is 0.769. The highest BCUT2D eigenvalue weighted by Gasteiger charge is 2.16. The molecule has 1 unspecified atom stereocenters. The molecule has 0 aliphatic heterocycles. The largest absolute Gasteiger partial charge is 0.451 e. The van der Waals surface area contributed by atoms with Gasteiger partial charge in [-0.2, -0.15) is 0 Å². The number of nitrogens with one attached hydrogen (secondary N) is 1. The van der Waals surface area contributed by atoms with Crippen LogP contribution < -0.4 is 5.32 Å². The van der Waals surface area contributed by atoms with Crippen LogP contribution in [0.3, 0.4) is 0 Å². The highest BCUT2D eigenvalue weighted by atomic mass is 35.5. The number of amides is 1. The van der Waals surface area contributed by atoms with E-state index in [0.717, 1.165) is 10.9 Å². The first-order valence-corrected chi connectivity index (χ1v) is 7.07. The molecule has 3 nitrogen and oxygen atoms in total. The molecule has 1 amide bonds. The molecule has 0 bridgehead atoms. The maximum Gasteiger partial charge on any atom is 0.287 e. The summed E-state index contributed by atoms with van der Waals surface area (Å²) in [4.78, 5) is 12.3. The predicted octanol–water partition coefficient (Wildman–Crippen LogP) is 4.58. The zero-order valence-electron chi connectivity index (χ0n) is 11.5. The van der Waals surface area contributed by atoms with Gasteiger partial charge in [-0.25, -0.2) is 0 Å². The maximum atomic E-state index is 12.3. The number of para-hydroxylation sites is 1. The van der Waals surface area contributed by atoms with Crippen LogP contribution in [0, 0.1) is 0 Å². The van der Waals surface area contributed by atoms with Gasteiger partial charge >= 0.3 is 0 Å². The van der Waals surface area contributed by atoms with E-state index in [1.165, 1.54) is 0 Å². The van der Waals surface area contributed by atoms with Crippen molar-refractivity contribution >= 4 is 28.5 Å². The van der Waals surface area contributed by atoms with Crippen LogP contribution in [0.1, 0.15) is 29.1 Å². The van der Waals surface area contributed by atoms with E-state index in [9.17, 15) is 4.79 Å². The fourth-order valence-electron chi connectivity index (χ4n) is 2.27. The van der Waals surface area contributed by atoms with E-state index in [0.29, 0.717) is 16.4 Å². The monoisotopic (exact) mass is 299 g/mol. The zero-order chi connectivity index (χ0) is 14.8. The van der Waals surface area contributed by atoms with Crippen LogP contribution in [0.15, 0.2) is 59.0 Å². The zero-order valence-corrected chi connectivity index (χ0v) is 12.2. The van der Waals surface area contributed by atoms with Crippen molar-refractivity contribution in [2.45, 2.75) is 13.0 Å². The average molecular weight is 300 g/mol. The van der Waals surface area contributed by atoms with Crippen molar-refractivity contribution in [3.05, 3.63) is 70.9 Å². The molecule has 0 saturated heterocycles. The summed E-state index contributed by atoms with van der Waals surface area (Å²) in [6.07, 6.45) is 0. The number of fused-ring (bicyclic) bond motifs is 1. The lowest BCUT2D eigenvalue weighted by molar-refractivity contribution is 0.0914. The third kappa shape index (κ3) is 2.78. The van der Waals surface area contributed by atoms with Crippen LogP contribution in [-0.2, 0) is 0 Å². The molecule has 0 radical (unpaired) electrons. The molecule has 21 heavy (non-hydrogen) atoms. The van der Waals surface area contributed by atoms with E-state index in [1.54, 1.807) is 12.1 Å². The molecule has 1 N–H and O–H groups in total. The summed E-state index contributed by atoms with van der Waals surface area (Å²) in [7, 11) is 0. The Balaban J connectivity index is 1.81. The van der Waals surface area contributed by atoms with Crippen LogP contribution in [0.4, 0.5) is 0 Å². The van der Waals surface area contributed by atoms with Gasteiger partial charge < -0.3 is 9.73 Å². The minimum Gasteiger partial charge on any atom is -0.451 e. The highest BCUT2D eigenvalue weighted by Crippen LogP contribution is 2.23. The van der Waals surface area contributed by atoms with Gasteiger partial charge in [-0.3, -0.25) is 4.79 Å². The highest BCUT2D eigenvalue weighted by molar-refractivity contribution is 6.31. The number of hydrogen-bond donors (Lipinski definition) is 1. The van der Waals surface area contributed by atoms with Gasteiger partial charge in [-0.1, -0.05) is 48.0 Å². The molecule has 3 aromatic rings. The Morgan fingerprint density at radius 2 is 1.86 bits per heavy atom. The maximum absolute atomic E-state index is 12.3. The molecule has 0 saturated carbocycles. The van der Waals surface area contributed by atoms with Gasteiger partial charge in [0.15, 0.2) is 5.76 Å². The summed E-state index contributed by atoms with van der Waals surface area (Å²) in [5.41, 5.74) is 1.58. The molecule has 2 aromatic carbocycles. The number of benzene rings is 2. The Labute approximate surface area is 127 Å². The lowest BCUT2D eigenvalue weighted by Crippen LogP contribution is -2.26. The average Bonchev–Trinajstić information content (AvgIpc) is 2.91. The van der Waals surface area contributed by atoms with Gasteiger partial charge in [0.05, 0.1) is 6.04 Å². The lowest BCUT2D eigenvalue weighted by Gasteiger charge is -2.14. The van der Waals surface area contributed by atoms with Crippen molar-refractivity contribution in [3.63, 3.8) is 0 Å². The lowest BCUT2D eigenvalue weighted by atomic mass is 10.1. The molecule has 106 valence electrons. The standard InChI is InChI=1S/C17H14ClNO2/c1-11(13-7-3-4-8-14(13)18)19-17(20)16-10-12-6-2-5-9-15(12)21-16/h2-11H,1H3,(H,19,20). The van der Waals surface area contributed by atoms with E-state index >= 15 is 0 Å². The number of carbonyl (C=O) groups is 1. The molecular weight excluding hydrogens is 286 g/mol. The van der Waals surface area contributed by atoms with Crippen LogP contribution in [0.2, 0.25) is 5.02 Å². The summed E-state index contributed by atoms with van der Waals surface area (Å²) >= 11 is 6.14. The molecule has 0 fully saturated rings. The molecule has 0 spiro atoms. The van der Waals surface area contributed by atoms with E-state index in [1.807, 2.05) is 49.4 Å². The van der Waals surface area contributed by atoms with Crippen molar-refractivity contribution in [2.24, 2.45) is 0 Å². The smallest absolute Gasteiger partial charge is 0.287 e. The second-order valence-corrected chi connectivity index (χ2v) is 5.27. The molecule has 0 aliphatic carbocycles. The minimum atomic E-state index is -0.251. The summed E-state index contributed by atoms with van der Waals surface area (Å²) in [5.74, 6) is 0.0497. The number of halogens is 1. The molecule has 4 heteroatoms. The SMILES string of the molecule is CC(NC(=O)c1cc2ccccc2o1)c1ccccc1Cl. The second kappa shape index (κ2) is 5.62. The van der Waals surface area contributed by atoms with Gasteiger partial charge in [0, 0.05) is 10.4 Å². The number of carbonyl (C=O) groups excluding carboxylic acids is 1. The Hall–Kier alpha value is -2.26. The minimum absolute atomic E-state index is 0.195. The third-order valence-electron chi connectivity index (χ3n) is 3.37. The first-order valence-electron chi connectivity index (χ1n) is 6.69. The Kier molecular flexibility index (Phi) is 3.67. The van der Waals surface area contributed by atoms with Gasteiger partial charge in [-0.05, 0) is 30.7 Å². The normalized spacial score (nSPS) is 12.3. The summed E-state index contributed by atoms with van der Waals surface area (Å²) in [6, 6.07) is 16.5. The van der Waals surface area contributed by atoms with Gasteiger partial charge in [-0.15, -0.1) is 0 Å². The van der Waals surface area contributed by atoms with Crippen LogP contribution in [0.5, 0.6) is 0 Å². The van der Waals surface area contributed by atoms with Crippen LogP contribution in [0.25, 0.3) is 11.0 Å². The Bertz CT molecular complexity index is 761. The molecular formula is C17H14ClNO2. The van der Waals surface area contributed by atoms with Crippen LogP contribution >= 0.6 is 11.6 Å². The van der Waals surface area contributed by atoms with Crippen molar-refractivity contribution < 1.29 is 9.21 Å². The number of furan rings is 1. The van der Waals surface area contributed by atoms with E-state index < -0.39 is 0 Å². The van der Waals surface area contributed by atoms with Crippen molar-refractivity contribution in [3.8, 4) is 0 Å². The number of rotatable bonds is 3. The van der Waals surface area contributed by atoms with Crippen molar-refractivity contribution in [2.75, 3.05) is 0 Å². The van der Waals surface area contributed by atoms with Gasteiger partial charge in [0.25, 0.3) is 5.91 Å². The molecule has 3 rings (SSSR count). The Morgan fingerprint density at radius 1 is 1.14 bits per heavy atom. The van der Waals surface area contributed by atoms with E-state index in [2.05, 4.69) is 5.32 Å². The molecule has 1 heterocycles. The van der Waals surface area contributed by atoms with Gasteiger partial charge in [0.1, 0.15) is 5.58 Å². The fraction of sp³-hybridized carbons (Fsp3) is 0.118. The topological polar surface area (TPSA) is 42.2 Å². The summed E-state index contributed by atoms with van der Waals surface area (Å²) in [6.45, 7) is 1.89. The third-order valence-corrected chi connectivity index (χ3v) is 3.71. The summed E-state index contributed by atoms with van der Waals surface area (Å²) < 4.78 is 5.55. The van der Waals surface area contributed by atoms with Crippen molar-refractivity contribution in [1.29, 1.82) is 0 Å². The van der Waals surface area contributed by atoms with Crippen molar-refractivity contribution in [1.82, 2.24) is 5.32 Å².